The fourth-order valence-electron chi connectivity index (χ4n) is 2.58. The first-order valence-electron chi connectivity index (χ1n) is 6.51. The quantitative estimate of drug-likeness (QED) is 0.913. The fraction of sp³-hybridized carbons (Fsp3) is 0.467. The van der Waals surface area contributed by atoms with Gasteiger partial charge < -0.3 is 10.3 Å². The van der Waals surface area contributed by atoms with E-state index < -0.39 is 0 Å². The van der Waals surface area contributed by atoms with E-state index in [-0.39, 0.29) is 0 Å². The molecule has 2 nitrogen and oxygen atoms in total. The molecule has 1 aromatic heterocycles. The van der Waals surface area contributed by atoms with Gasteiger partial charge in [0.25, 0.3) is 0 Å². The number of hydrogen-bond acceptors (Lipinski definition) is 1. The Kier molecular flexibility index (Phi) is 4.13. The van der Waals surface area contributed by atoms with Gasteiger partial charge in [-0.15, -0.1) is 0 Å². The molecule has 2 rings (SSSR count). The predicted octanol–water partition coefficient (Wildman–Crippen LogP) is 3.87. The van der Waals surface area contributed by atoms with Gasteiger partial charge in [-0.1, -0.05) is 29.8 Å². The van der Waals surface area contributed by atoms with Crippen molar-refractivity contribution < 1.29 is 0 Å². The largest absolute Gasteiger partial charge is 0.347 e. The van der Waals surface area contributed by atoms with Crippen LogP contribution < -0.4 is 5.73 Å². The molecule has 98 valence electrons. The molecule has 0 spiro atoms. The smallest absolute Gasteiger partial charge is 0.0497 e. The number of aryl methyl sites for hydroxylation is 1. The van der Waals surface area contributed by atoms with Crippen LogP contribution in [0.1, 0.15) is 25.0 Å². The van der Waals surface area contributed by atoms with Crippen LogP contribution in [0.4, 0.5) is 0 Å². The number of hydrogen-bond donors (Lipinski definition) is 1. The van der Waals surface area contributed by atoms with Crippen molar-refractivity contribution >= 4 is 26.8 Å². The summed E-state index contributed by atoms with van der Waals surface area (Å²) in [6, 6.07) is 4.40. The number of benzene rings is 1. The predicted molar refractivity (Wildman–Crippen MR) is 82.0 cm³/mol. The van der Waals surface area contributed by atoms with Crippen molar-refractivity contribution in [3.63, 3.8) is 0 Å². The Labute approximate surface area is 117 Å². The van der Waals surface area contributed by atoms with Gasteiger partial charge in [0.1, 0.15) is 0 Å². The molecule has 0 saturated heterocycles. The standard InChI is InChI=1S/C15H21BrN2/c1-10(2)8-18-9-12(4-5-17)15-11(3)6-13(16)7-14(15)18/h6-7,9-10H,4-5,8,17H2,1-3H3. The summed E-state index contributed by atoms with van der Waals surface area (Å²) in [7, 11) is 0. The fourth-order valence-corrected chi connectivity index (χ4v) is 3.14. The van der Waals surface area contributed by atoms with Gasteiger partial charge in [0.2, 0.25) is 0 Å². The highest BCUT2D eigenvalue weighted by atomic mass is 79.9. The van der Waals surface area contributed by atoms with Crippen molar-refractivity contribution in [1.29, 1.82) is 0 Å². The summed E-state index contributed by atoms with van der Waals surface area (Å²) in [5.74, 6) is 0.644. The molecule has 0 unspecified atom stereocenters. The van der Waals surface area contributed by atoms with Gasteiger partial charge >= 0.3 is 0 Å². The van der Waals surface area contributed by atoms with Crippen LogP contribution in [0.25, 0.3) is 10.9 Å². The Morgan fingerprint density at radius 1 is 1.33 bits per heavy atom. The molecule has 0 atom stereocenters. The molecule has 0 saturated carbocycles. The zero-order chi connectivity index (χ0) is 13.3. The van der Waals surface area contributed by atoms with Gasteiger partial charge in [-0.05, 0) is 49.1 Å². The van der Waals surface area contributed by atoms with Gasteiger partial charge in [-0.3, -0.25) is 0 Å². The van der Waals surface area contributed by atoms with Crippen LogP contribution in [0.2, 0.25) is 0 Å². The van der Waals surface area contributed by atoms with Crippen molar-refractivity contribution in [1.82, 2.24) is 4.57 Å². The van der Waals surface area contributed by atoms with Crippen LogP contribution in [0.3, 0.4) is 0 Å². The molecule has 18 heavy (non-hydrogen) atoms. The maximum atomic E-state index is 5.72. The highest BCUT2D eigenvalue weighted by Crippen LogP contribution is 2.29. The van der Waals surface area contributed by atoms with Crippen LogP contribution in [0.5, 0.6) is 0 Å². The van der Waals surface area contributed by atoms with E-state index in [1.807, 2.05) is 0 Å². The van der Waals surface area contributed by atoms with E-state index in [2.05, 4.69) is 59.6 Å². The summed E-state index contributed by atoms with van der Waals surface area (Å²) >= 11 is 3.59. The number of halogens is 1. The van der Waals surface area contributed by atoms with Crippen molar-refractivity contribution in [2.45, 2.75) is 33.7 Å². The minimum absolute atomic E-state index is 0.644. The average molecular weight is 309 g/mol. The normalized spacial score (nSPS) is 11.7. The first-order chi connectivity index (χ1) is 8.52. The molecule has 2 N–H and O–H groups in total. The lowest BCUT2D eigenvalue weighted by molar-refractivity contribution is 0.534. The topological polar surface area (TPSA) is 30.9 Å². The molecule has 3 heteroatoms. The number of aromatic nitrogens is 1. The Bertz CT molecular complexity index is 555. The van der Waals surface area contributed by atoms with Crippen LogP contribution in [0.15, 0.2) is 22.8 Å². The molecule has 0 aliphatic heterocycles. The monoisotopic (exact) mass is 308 g/mol. The van der Waals surface area contributed by atoms with Crippen molar-refractivity contribution in [3.8, 4) is 0 Å². The molecule has 2 aromatic rings. The lowest BCUT2D eigenvalue weighted by atomic mass is 10.1. The third-order valence-electron chi connectivity index (χ3n) is 3.20. The molecule has 0 radical (unpaired) electrons. The van der Waals surface area contributed by atoms with Crippen LogP contribution >= 0.6 is 15.9 Å². The highest BCUT2D eigenvalue weighted by Gasteiger charge is 2.12. The van der Waals surface area contributed by atoms with Crippen molar-refractivity contribution in [2.24, 2.45) is 11.7 Å². The highest BCUT2D eigenvalue weighted by molar-refractivity contribution is 9.10. The Morgan fingerprint density at radius 2 is 2.06 bits per heavy atom. The second kappa shape index (κ2) is 5.45. The van der Waals surface area contributed by atoms with Gasteiger partial charge in [-0.2, -0.15) is 0 Å². The summed E-state index contributed by atoms with van der Waals surface area (Å²) in [6.07, 6.45) is 3.22. The number of fused-ring (bicyclic) bond motifs is 1. The third kappa shape index (κ3) is 2.62. The summed E-state index contributed by atoms with van der Waals surface area (Å²) < 4.78 is 3.51. The minimum atomic E-state index is 0.644. The molecule has 0 aliphatic carbocycles. The maximum Gasteiger partial charge on any atom is 0.0497 e. The van der Waals surface area contributed by atoms with E-state index in [9.17, 15) is 0 Å². The Hall–Kier alpha value is -0.800. The Morgan fingerprint density at radius 3 is 2.67 bits per heavy atom. The molecule has 0 amide bonds. The first-order valence-corrected chi connectivity index (χ1v) is 7.30. The molecular formula is C15H21BrN2. The Balaban J connectivity index is 2.64. The lowest BCUT2D eigenvalue weighted by Gasteiger charge is -2.09. The molecular weight excluding hydrogens is 288 g/mol. The van der Waals surface area contributed by atoms with E-state index in [0.717, 1.165) is 17.4 Å². The van der Waals surface area contributed by atoms with E-state index in [4.69, 9.17) is 5.73 Å². The van der Waals surface area contributed by atoms with Gasteiger partial charge in [0.05, 0.1) is 0 Å². The van der Waals surface area contributed by atoms with E-state index in [0.29, 0.717) is 12.5 Å². The summed E-state index contributed by atoms with van der Waals surface area (Å²) in [4.78, 5) is 0. The van der Waals surface area contributed by atoms with E-state index >= 15 is 0 Å². The van der Waals surface area contributed by atoms with E-state index in [1.165, 1.54) is 22.0 Å². The van der Waals surface area contributed by atoms with Crippen LogP contribution in [-0.4, -0.2) is 11.1 Å². The van der Waals surface area contributed by atoms with E-state index in [1.54, 1.807) is 0 Å². The zero-order valence-electron chi connectivity index (χ0n) is 11.3. The summed E-state index contributed by atoms with van der Waals surface area (Å²) in [6.45, 7) is 8.43. The molecule has 1 aromatic carbocycles. The van der Waals surface area contributed by atoms with Gasteiger partial charge in [0.15, 0.2) is 0 Å². The summed E-state index contributed by atoms with van der Waals surface area (Å²) in [5.41, 5.74) is 9.74. The second-order valence-electron chi connectivity index (χ2n) is 5.36. The maximum absolute atomic E-state index is 5.72. The van der Waals surface area contributed by atoms with Crippen molar-refractivity contribution in [3.05, 3.63) is 33.9 Å². The molecule has 0 aliphatic rings. The SMILES string of the molecule is Cc1cc(Br)cc2c1c(CCN)cn2CC(C)C. The molecule has 0 bridgehead atoms. The average Bonchev–Trinajstić information content (AvgIpc) is 2.56. The number of rotatable bonds is 4. The van der Waals surface area contributed by atoms with Gasteiger partial charge in [-0.25, -0.2) is 0 Å². The number of nitrogens with two attached hydrogens (primary N) is 1. The van der Waals surface area contributed by atoms with Crippen molar-refractivity contribution in [2.75, 3.05) is 6.54 Å². The van der Waals surface area contributed by atoms with Crippen LogP contribution in [0, 0.1) is 12.8 Å². The third-order valence-corrected chi connectivity index (χ3v) is 3.66. The molecule has 0 fully saturated rings. The van der Waals surface area contributed by atoms with Crippen LogP contribution in [-0.2, 0) is 13.0 Å². The summed E-state index contributed by atoms with van der Waals surface area (Å²) in [5, 5.41) is 1.38. The second-order valence-corrected chi connectivity index (χ2v) is 6.27. The minimum Gasteiger partial charge on any atom is -0.347 e. The lowest BCUT2D eigenvalue weighted by Crippen LogP contribution is -2.03. The number of nitrogens with zero attached hydrogens (tertiary/aromatic N) is 1. The molecule has 1 heterocycles. The first kappa shape index (κ1) is 13.6. The zero-order valence-corrected chi connectivity index (χ0v) is 12.9. The van der Waals surface area contributed by atoms with Gasteiger partial charge in [0, 0.05) is 28.1 Å².